The molecule has 0 aromatic rings. The number of esters is 3. The third-order valence-corrected chi connectivity index (χ3v) is 13.3. The van der Waals surface area contributed by atoms with Crippen LogP contribution in [0.5, 0.6) is 0 Å². The molecule has 1 unspecified atom stereocenters. The maximum absolute atomic E-state index is 12.8. The molecule has 0 fully saturated rings. The molecule has 428 valence electrons. The summed E-state index contributed by atoms with van der Waals surface area (Å²) in [6.07, 6.45) is 85.2. The minimum atomic E-state index is -0.783. The first-order valence-electron chi connectivity index (χ1n) is 31.4. The summed E-state index contributed by atoms with van der Waals surface area (Å²) in [5.74, 6) is -0.894. The quantitative estimate of drug-likeness (QED) is 0.0261. The highest BCUT2D eigenvalue weighted by Gasteiger charge is 2.19. The van der Waals surface area contributed by atoms with Crippen LogP contribution in [0.15, 0.2) is 109 Å². The number of hydrogen-bond acceptors (Lipinski definition) is 6. The van der Waals surface area contributed by atoms with Crippen molar-refractivity contribution in [1.82, 2.24) is 0 Å². The van der Waals surface area contributed by atoms with Crippen LogP contribution in [0.25, 0.3) is 0 Å². The maximum atomic E-state index is 12.8. The maximum Gasteiger partial charge on any atom is 0.306 e. The second-order valence-electron chi connectivity index (χ2n) is 20.6. The van der Waals surface area contributed by atoms with Gasteiger partial charge in [-0.3, -0.25) is 14.4 Å². The molecule has 0 amide bonds. The molecule has 0 bridgehead atoms. The lowest BCUT2D eigenvalue weighted by atomic mass is 10.0. The van der Waals surface area contributed by atoms with E-state index in [0.717, 1.165) is 135 Å². The van der Waals surface area contributed by atoms with Crippen molar-refractivity contribution in [3.63, 3.8) is 0 Å². The summed E-state index contributed by atoms with van der Waals surface area (Å²) in [5, 5.41) is 0. The molecule has 0 aromatic carbocycles. The van der Waals surface area contributed by atoms with Crippen LogP contribution in [-0.4, -0.2) is 37.2 Å². The van der Waals surface area contributed by atoms with Gasteiger partial charge in [0.05, 0.1) is 0 Å². The van der Waals surface area contributed by atoms with Crippen molar-refractivity contribution in [3.8, 4) is 0 Å². The molecule has 0 radical (unpaired) electrons. The molecule has 0 aliphatic carbocycles. The van der Waals surface area contributed by atoms with E-state index >= 15 is 0 Å². The Balaban J connectivity index is 4.25. The molecular formula is C69H116O6. The van der Waals surface area contributed by atoms with Crippen molar-refractivity contribution in [2.75, 3.05) is 13.2 Å². The normalized spacial score (nSPS) is 12.8. The van der Waals surface area contributed by atoms with Crippen molar-refractivity contribution in [1.29, 1.82) is 0 Å². The zero-order chi connectivity index (χ0) is 54.3. The topological polar surface area (TPSA) is 78.9 Å². The molecule has 0 aromatic heterocycles. The highest BCUT2D eigenvalue weighted by molar-refractivity contribution is 5.71. The molecule has 0 rings (SSSR count). The Morgan fingerprint density at radius 3 is 0.813 bits per heavy atom. The molecule has 75 heavy (non-hydrogen) atoms. The first-order chi connectivity index (χ1) is 37.0. The first kappa shape index (κ1) is 71.1. The summed E-state index contributed by atoms with van der Waals surface area (Å²) in [5.41, 5.74) is 0. The van der Waals surface area contributed by atoms with Gasteiger partial charge in [0.2, 0.25) is 0 Å². The van der Waals surface area contributed by atoms with Crippen molar-refractivity contribution in [2.45, 2.75) is 297 Å². The Labute approximate surface area is 463 Å². The molecule has 0 aliphatic heterocycles. The monoisotopic (exact) mass is 1040 g/mol. The SMILES string of the molecule is CC/C=C\C/C=C\C/C=C\C/C=C\C/C=C\C/C=C\C/C=C\C/C=C\C/C=C\CCCCCCCC(=O)OCC(COC(=O)CCCCCCCCCCCCCC)OC(=O)CCCCCCCCCCCCCC. The van der Waals surface area contributed by atoms with E-state index in [1.165, 1.54) is 116 Å². The van der Waals surface area contributed by atoms with E-state index in [4.69, 9.17) is 14.2 Å². The minimum Gasteiger partial charge on any atom is -0.462 e. The average Bonchev–Trinajstić information content (AvgIpc) is 3.41. The summed E-state index contributed by atoms with van der Waals surface area (Å²) < 4.78 is 16.9. The number of carbonyl (C=O) groups excluding carboxylic acids is 3. The Kier molecular flexibility index (Phi) is 59.3. The van der Waals surface area contributed by atoms with Gasteiger partial charge in [-0.2, -0.15) is 0 Å². The van der Waals surface area contributed by atoms with Crippen LogP contribution < -0.4 is 0 Å². The molecule has 0 saturated carbocycles. The van der Waals surface area contributed by atoms with Crippen LogP contribution in [0.1, 0.15) is 290 Å². The summed E-state index contributed by atoms with van der Waals surface area (Å²) in [7, 11) is 0. The molecule has 6 heteroatoms. The van der Waals surface area contributed by atoms with E-state index in [1.807, 2.05) is 0 Å². The Hall–Kier alpha value is -3.93. The van der Waals surface area contributed by atoms with Crippen LogP contribution in [0, 0.1) is 0 Å². The molecule has 0 saturated heterocycles. The van der Waals surface area contributed by atoms with Gasteiger partial charge in [-0.1, -0.05) is 291 Å². The summed E-state index contributed by atoms with van der Waals surface area (Å²) in [6.45, 7) is 6.52. The summed E-state index contributed by atoms with van der Waals surface area (Å²) in [4.78, 5) is 38.1. The van der Waals surface area contributed by atoms with Crippen LogP contribution in [0.3, 0.4) is 0 Å². The fourth-order valence-electron chi connectivity index (χ4n) is 8.61. The molecule has 0 heterocycles. The van der Waals surface area contributed by atoms with E-state index in [-0.39, 0.29) is 31.1 Å². The third kappa shape index (κ3) is 60.8. The van der Waals surface area contributed by atoms with Crippen molar-refractivity contribution >= 4 is 17.9 Å². The van der Waals surface area contributed by atoms with E-state index in [1.54, 1.807) is 0 Å². The minimum absolute atomic E-state index is 0.0804. The number of unbranched alkanes of at least 4 members (excludes halogenated alkanes) is 27. The Morgan fingerprint density at radius 2 is 0.520 bits per heavy atom. The second kappa shape index (κ2) is 62.6. The molecule has 0 spiro atoms. The van der Waals surface area contributed by atoms with Crippen LogP contribution in [0.2, 0.25) is 0 Å². The lowest BCUT2D eigenvalue weighted by Gasteiger charge is -2.18. The molecule has 0 N–H and O–H groups in total. The zero-order valence-electron chi connectivity index (χ0n) is 49.0. The van der Waals surface area contributed by atoms with E-state index in [0.29, 0.717) is 19.3 Å². The first-order valence-corrected chi connectivity index (χ1v) is 31.4. The van der Waals surface area contributed by atoms with Gasteiger partial charge < -0.3 is 14.2 Å². The lowest BCUT2D eigenvalue weighted by Crippen LogP contribution is -2.30. The van der Waals surface area contributed by atoms with E-state index < -0.39 is 6.10 Å². The van der Waals surface area contributed by atoms with Gasteiger partial charge in [-0.25, -0.2) is 0 Å². The fraction of sp³-hybridized carbons (Fsp3) is 0.696. The molecule has 6 nitrogen and oxygen atoms in total. The van der Waals surface area contributed by atoms with Crippen molar-refractivity contribution < 1.29 is 28.6 Å². The van der Waals surface area contributed by atoms with Gasteiger partial charge in [-0.15, -0.1) is 0 Å². The van der Waals surface area contributed by atoms with Gasteiger partial charge >= 0.3 is 17.9 Å². The number of rotatable bonds is 56. The van der Waals surface area contributed by atoms with E-state index in [9.17, 15) is 14.4 Å². The highest BCUT2D eigenvalue weighted by atomic mass is 16.6. The fourth-order valence-corrected chi connectivity index (χ4v) is 8.61. The Bertz CT molecular complexity index is 1520. The smallest absolute Gasteiger partial charge is 0.306 e. The predicted molar refractivity (Wildman–Crippen MR) is 325 cm³/mol. The number of hydrogen-bond donors (Lipinski definition) is 0. The van der Waals surface area contributed by atoms with Gasteiger partial charge in [-0.05, 0) is 89.9 Å². The lowest BCUT2D eigenvalue weighted by molar-refractivity contribution is -0.167. The van der Waals surface area contributed by atoms with Crippen LogP contribution in [0.4, 0.5) is 0 Å². The Morgan fingerprint density at radius 1 is 0.280 bits per heavy atom. The third-order valence-electron chi connectivity index (χ3n) is 13.3. The second-order valence-corrected chi connectivity index (χ2v) is 20.6. The van der Waals surface area contributed by atoms with Gasteiger partial charge in [0, 0.05) is 19.3 Å². The zero-order valence-corrected chi connectivity index (χ0v) is 49.0. The standard InChI is InChI=1S/C69H116O6/c1-4-7-10-13-16-19-22-25-26-27-28-29-30-31-32-33-34-35-36-37-38-39-40-41-42-43-44-45-48-50-53-56-59-62-68(71)74-65-66(75-69(72)63-60-57-54-51-47-24-21-18-15-12-9-6-3)64-73-67(70)61-58-55-52-49-46-23-20-17-14-11-8-5-2/h7,10,16,19,25-26,28-29,31-32,34-35,37-38,40-41,43-44,66H,4-6,8-9,11-15,17-18,20-24,27,30,33,36,39,42,45-65H2,1-3H3/b10-7-,19-16-,26-25-,29-28-,32-31-,35-34-,38-37-,41-40-,44-43-. The number of carbonyl (C=O) groups is 3. The van der Waals surface area contributed by atoms with Crippen LogP contribution >= 0.6 is 0 Å². The van der Waals surface area contributed by atoms with Gasteiger partial charge in [0.15, 0.2) is 6.10 Å². The number of ether oxygens (including phenoxy) is 3. The van der Waals surface area contributed by atoms with E-state index in [2.05, 4.69) is 130 Å². The summed E-state index contributed by atoms with van der Waals surface area (Å²) >= 11 is 0. The largest absolute Gasteiger partial charge is 0.462 e. The van der Waals surface area contributed by atoms with Crippen LogP contribution in [-0.2, 0) is 28.6 Å². The number of allylic oxidation sites excluding steroid dienone is 18. The molecule has 0 aliphatic rings. The highest BCUT2D eigenvalue weighted by Crippen LogP contribution is 2.16. The van der Waals surface area contributed by atoms with Gasteiger partial charge in [0.1, 0.15) is 13.2 Å². The average molecular weight is 1040 g/mol. The summed E-state index contributed by atoms with van der Waals surface area (Å²) in [6, 6.07) is 0. The van der Waals surface area contributed by atoms with Gasteiger partial charge in [0.25, 0.3) is 0 Å². The van der Waals surface area contributed by atoms with Crippen molar-refractivity contribution in [3.05, 3.63) is 109 Å². The predicted octanol–water partition coefficient (Wildman–Crippen LogP) is 21.4. The van der Waals surface area contributed by atoms with Crippen molar-refractivity contribution in [2.24, 2.45) is 0 Å². The molecule has 1 atom stereocenters. The molecular weight excluding hydrogens is 925 g/mol.